The van der Waals surface area contributed by atoms with Crippen LogP contribution in [0.2, 0.25) is 0 Å². The Hall–Kier alpha value is -0.0100. The topological polar surface area (TPSA) is 103 Å². The Kier molecular flexibility index (Phi) is 7.46. The summed E-state index contributed by atoms with van der Waals surface area (Å²) in [5, 5.41) is 28.5. The van der Waals surface area contributed by atoms with Gasteiger partial charge in [-0.1, -0.05) is 19.3 Å². The predicted molar refractivity (Wildman–Crippen MR) is 82.6 cm³/mol. The summed E-state index contributed by atoms with van der Waals surface area (Å²) in [6.45, 7) is 6.14. The zero-order chi connectivity index (χ0) is 17.0. The second-order valence-corrected chi connectivity index (χ2v) is 8.78. The highest BCUT2D eigenvalue weighted by Crippen LogP contribution is 2.64. The van der Waals surface area contributed by atoms with E-state index in [2.05, 4.69) is 0 Å². The lowest BCUT2D eigenvalue weighted by molar-refractivity contribution is -1.05. The van der Waals surface area contributed by atoms with Crippen molar-refractivity contribution in [2.75, 3.05) is 6.54 Å². The third-order valence-electron chi connectivity index (χ3n) is 3.84. The third-order valence-corrected chi connectivity index (χ3v) is 6.71. The van der Waals surface area contributed by atoms with Gasteiger partial charge in [-0.15, -0.1) is 0 Å². The molecule has 1 saturated carbocycles. The van der Waals surface area contributed by atoms with Gasteiger partial charge in [-0.2, -0.15) is 0 Å². The summed E-state index contributed by atoms with van der Waals surface area (Å²) in [7, 11) is -4.00. The molecular weight excluding hydrogens is 309 g/mol. The van der Waals surface area contributed by atoms with Crippen LogP contribution in [0.5, 0.6) is 0 Å². The number of hydroxylamine groups is 2. The van der Waals surface area contributed by atoms with Gasteiger partial charge in [0.2, 0.25) is 5.34 Å². The van der Waals surface area contributed by atoms with Crippen LogP contribution in [0.15, 0.2) is 0 Å². The van der Waals surface area contributed by atoms with E-state index in [0.717, 1.165) is 19.3 Å². The van der Waals surface area contributed by atoms with Crippen LogP contribution in [-0.2, 0) is 13.6 Å². The maximum absolute atomic E-state index is 13.3. The molecule has 0 aromatic heterocycles. The van der Waals surface area contributed by atoms with Crippen LogP contribution in [-0.4, -0.2) is 34.4 Å². The lowest BCUT2D eigenvalue weighted by Crippen LogP contribution is -3.07. The molecule has 0 amide bonds. The quantitative estimate of drug-likeness (QED) is 0.462. The standard InChI is InChI=1S/C14H30NO6P/c1-11(2)20-22(19,21-12(3)4)14(16,10-15(17)18)13-8-6-5-7-9-13/h11-13,15-17H,5-10H2,1-4H3. The molecule has 7 nitrogen and oxygen atoms in total. The van der Waals surface area contributed by atoms with Gasteiger partial charge in [0.15, 0.2) is 0 Å². The van der Waals surface area contributed by atoms with Gasteiger partial charge >= 0.3 is 7.60 Å². The van der Waals surface area contributed by atoms with Crippen LogP contribution in [0.25, 0.3) is 0 Å². The second kappa shape index (κ2) is 8.20. The fourth-order valence-corrected chi connectivity index (χ4v) is 5.57. The smallest absolute Gasteiger partial charge is 0.368 e. The molecule has 1 aliphatic rings. The molecule has 0 aromatic rings. The summed E-state index contributed by atoms with van der Waals surface area (Å²) in [6, 6.07) is 0. The van der Waals surface area contributed by atoms with E-state index in [-0.39, 0.29) is 5.92 Å². The summed E-state index contributed by atoms with van der Waals surface area (Å²) < 4.78 is 24.3. The molecule has 0 heterocycles. The van der Waals surface area contributed by atoms with Crippen molar-refractivity contribution >= 4 is 7.60 Å². The molecule has 0 saturated heterocycles. The second-order valence-electron chi connectivity index (χ2n) is 6.59. The van der Waals surface area contributed by atoms with Gasteiger partial charge in [-0.25, -0.2) is 10.4 Å². The van der Waals surface area contributed by atoms with Crippen molar-refractivity contribution in [1.82, 2.24) is 0 Å². The van der Waals surface area contributed by atoms with Crippen molar-refractivity contribution in [3.8, 4) is 0 Å². The molecule has 1 rings (SSSR count). The van der Waals surface area contributed by atoms with Gasteiger partial charge in [0.25, 0.3) is 0 Å². The Morgan fingerprint density at radius 3 is 2.00 bits per heavy atom. The molecular formula is C14H30NO6P. The van der Waals surface area contributed by atoms with Crippen molar-refractivity contribution < 1.29 is 29.2 Å². The molecule has 1 fully saturated rings. The minimum Gasteiger partial charge on any atom is -0.600 e. The average Bonchev–Trinajstić information content (AvgIpc) is 2.36. The molecule has 8 heteroatoms. The van der Waals surface area contributed by atoms with E-state index in [1.54, 1.807) is 27.7 Å². The SMILES string of the molecule is CC(C)OP(=O)(OC(C)C)C(O)(C[NH+]([O-])O)C1CCCCC1. The maximum atomic E-state index is 13.3. The van der Waals surface area contributed by atoms with Crippen molar-refractivity contribution in [2.24, 2.45) is 5.92 Å². The molecule has 0 aliphatic heterocycles. The van der Waals surface area contributed by atoms with Crippen LogP contribution < -0.4 is 5.23 Å². The van der Waals surface area contributed by atoms with Crippen LogP contribution in [0.4, 0.5) is 0 Å². The number of aliphatic hydroxyl groups is 1. The van der Waals surface area contributed by atoms with Gasteiger partial charge in [-0.05, 0) is 40.5 Å². The van der Waals surface area contributed by atoms with Crippen molar-refractivity contribution in [3.63, 3.8) is 0 Å². The third kappa shape index (κ3) is 4.99. The van der Waals surface area contributed by atoms with Gasteiger partial charge < -0.3 is 19.4 Å². The molecule has 2 atom stereocenters. The van der Waals surface area contributed by atoms with Crippen LogP contribution in [0.3, 0.4) is 0 Å². The minimum absolute atomic E-state index is 0.388. The number of rotatable bonds is 8. The Bertz CT molecular complexity index is 370. The van der Waals surface area contributed by atoms with Gasteiger partial charge in [0, 0.05) is 5.92 Å². The molecule has 22 heavy (non-hydrogen) atoms. The van der Waals surface area contributed by atoms with Gasteiger partial charge in [0.1, 0.15) is 6.54 Å². The van der Waals surface area contributed by atoms with Gasteiger partial charge in [-0.3, -0.25) is 4.57 Å². The van der Waals surface area contributed by atoms with Crippen molar-refractivity contribution in [2.45, 2.75) is 77.3 Å². The van der Waals surface area contributed by atoms with Gasteiger partial charge in [0.05, 0.1) is 12.2 Å². The highest BCUT2D eigenvalue weighted by atomic mass is 31.2. The first kappa shape index (κ1) is 20.0. The molecule has 2 unspecified atom stereocenters. The summed E-state index contributed by atoms with van der Waals surface area (Å²) >= 11 is 0. The summed E-state index contributed by atoms with van der Waals surface area (Å²) in [5.41, 5.74) is 0. The zero-order valence-electron chi connectivity index (χ0n) is 13.9. The molecule has 0 radical (unpaired) electrons. The van der Waals surface area contributed by atoms with E-state index >= 15 is 0 Å². The summed E-state index contributed by atoms with van der Waals surface area (Å²) in [6.07, 6.45) is 3.21. The molecule has 1 aliphatic carbocycles. The zero-order valence-corrected chi connectivity index (χ0v) is 14.8. The summed E-state index contributed by atoms with van der Waals surface area (Å²) in [4.78, 5) is 0. The number of nitrogens with one attached hydrogen (secondary N) is 1. The van der Waals surface area contributed by atoms with E-state index in [1.807, 2.05) is 0 Å². The van der Waals surface area contributed by atoms with Crippen LogP contribution in [0, 0.1) is 11.1 Å². The molecule has 0 aromatic carbocycles. The fraction of sp³-hybridized carbons (Fsp3) is 1.00. The first-order chi connectivity index (χ1) is 10.1. The largest absolute Gasteiger partial charge is 0.600 e. The van der Waals surface area contributed by atoms with E-state index in [4.69, 9.17) is 9.05 Å². The van der Waals surface area contributed by atoms with E-state index in [9.17, 15) is 20.1 Å². The number of quaternary nitrogens is 1. The van der Waals surface area contributed by atoms with E-state index in [0.29, 0.717) is 12.8 Å². The average molecular weight is 339 g/mol. The normalized spacial score (nSPS) is 22.0. The molecule has 0 spiro atoms. The summed E-state index contributed by atoms with van der Waals surface area (Å²) in [5.74, 6) is -0.388. The highest BCUT2D eigenvalue weighted by Gasteiger charge is 2.58. The Morgan fingerprint density at radius 1 is 1.18 bits per heavy atom. The molecule has 0 bridgehead atoms. The van der Waals surface area contributed by atoms with Crippen molar-refractivity contribution in [3.05, 3.63) is 5.21 Å². The van der Waals surface area contributed by atoms with Crippen molar-refractivity contribution in [1.29, 1.82) is 0 Å². The Labute approximate surface area is 132 Å². The minimum atomic E-state index is -4.00. The Morgan fingerprint density at radius 2 is 1.64 bits per heavy atom. The lowest BCUT2D eigenvalue weighted by atomic mass is 9.85. The first-order valence-corrected chi connectivity index (χ1v) is 9.56. The Balaban J connectivity index is 3.19. The number of hydrogen-bond acceptors (Lipinski definition) is 6. The van der Waals surface area contributed by atoms with Crippen LogP contribution >= 0.6 is 7.60 Å². The number of hydrogen-bond donors (Lipinski definition) is 3. The maximum Gasteiger partial charge on any atom is 0.368 e. The monoisotopic (exact) mass is 339 g/mol. The molecule has 3 N–H and O–H groups in total. The van der Waals surface area contributed by atoms with E-state index in [1.165, 1.54) is 0 Å². The van der Waals surface area contributed by atoms with E-state index < -0.39 is 36.9 Å². The lowest BCUT2D eigenvalue weighted by Gasteiger charge is -2.43. The fourth-order valence-electron chi connectivity index (χ4n) is 3.01. The van der Waals surface area contributed by atoms with Crippen LogP contribution in [0.1, 0.15) is 59.8 Å². The molecule has 132 valence electrons. The first-order valence-electron chi connectivity index (χ1n) is 8.02. The predicted octanol–water partition coefficient (Wildman–Crippen LogP) is 2.07. The highest BCUT2D eigenvalue weighted by molar-refractivity contribution is 7.55.